The number of aliphatic hydroxyl groups is 3. The van der Waals surface area contributed by atoms with Crippen molar-refractivity contribution in [2.45, 2.75) is 43.2 Å². The molecular formula is C32H32N4O10S. The van der Waals surface area contributed by atoms with E-state index in [9.17, 15) is 43.2 Å². The number of Topliss-reactive ketones (excluding diaryl/α,β-unsaturated/α-hetero) is 2. The number of aromatic hydroxyl groups is 1. The summed E-state index contributed by atoms with van der Waals surface area (Å²) >= 11 is 0. The zero-order valence-corrected chi connectivity index (χ0v) is 26.5. The quantitative estimate of drug-likeness (QED) is 0.208. The summed E-state index contributed by atoms with van der Waals surface area (Å²) in [5, 5.41) is 48.8. The Morgan fingerprint density at radius 2 is 1.74 bits per heavy atom. The molecule has 7 N–H and O–H groups in total. The van der Waals surface area contributed by atoms with Crippen LogP contribution in [0.1, 0.15) is 29.0 Å². The summed E-state index contributed by atoms with van der Waals surface area (Å²) in [5.74, 6) is -7.16. The third-order valence-corrected chi connectivity index (χ3v) is 10.9. The van der Waals surface area contributed by atoms with Crippen molar-refractivity contribution < 1.29 is 47.8 Å². The number of aromatic nitrogens is 1. The highest BCUT2D eigenvalue weighted by molar-refractivity contribution is 7.92. The smallest absolute Gasteiger partial charge is 0.267 e. The van der Waals surface area contributed by atoms with Crippen molar-refractivity contribution in [3.63, 3.8) is 0 Å². The van der Waals surface area contributed by atoms with Crippen LogP contribution in [-0.2, 0) is 30.8 Å². The van der Waals surface area contributed by atoms with Crippen LogP contribution in [0, 0.1) is 25.7 Å². The molecule has 14 nitrogen and oxygen atoms in total. The Kier molecular flexibility index (Phi) is 7.34. The van der Waals surface area contributed by atoms with Crippen LogP contribution in [0.5, 0.6) is 5.75 Å². The summed E-state index contributed by atoms with van der Waals surface area (Å²) in [6, 6.07) is 8.13. The molecule has 1 fully saturated rings. The first kappa shape index (κ1) is 32.0. The van der Waals surface area contributed by atoms with Crippen molar-refractivity contribution >= 4 is 38.9 Å². The fraction of sp³-hybridized carbons (Fsp3) is 0.312. The molecule has 3 aromatic rings. The minimum Gasteiger partial charge on any atom is -0.508 e. The molecule has 6 rings (SSSR count). The van der Waals surface area contributed by atoms with Crippen LogP contribution >= 0.6 is 0 Å². The van der Waals surface area contributed by atoms with Gasteiger partial charge >= 0.3 is 0 Å². The lowest BCUT2D eigenvalue weighted by Gasteiger charge is -2.50. The summed E-state index contributed by atoms with van der Waals surface area (Å²) in [6.07, 6.45) is 0.0436. The van der Waals surface area contributed by atoms with Crippen molar-refractivity contribution in [1.82, 2.24) is 10.1 Å². The van der Waals surface area contributed by atoms with Gasteiger partial charge in [0, 0.05) is 17.2 Å². The second-order valence-electron chi connectivity index (χ2n) is 12.3. The average molecular weight is 665 g/mol. The van der Waals surface area contributed by atoms with Crippen LogP contribution in [0.4, 0.5) is 5.69 Å². The maximum absolute atomic E-state index is 14.0. The second-order valence-corrected chi connectivity index (χ2v) is 13.9. The van der Waals surface area contributed by atoms with Crippen molar-refractivity contribution in [2.75, 3.05) is 18.8 Å². The van der Waals surface area contributed by atoms with E-state index < -0.39 is 68.1 Å². The molecule has 1 unspecified atom stereocenters. The normalized spacial score (nSPS) is 24.3. The van der Waals surface area contributed by atoms with Gasteiger partial charge in [-0.3, -0.25) is 24.0 Å². The first-order valence-electron chi connectivity index (χ1n) is 14.6. The Morgan fingerprint density at radius 1 is 1.09 bits per heavy atom. The zero-order valence-electron chi connectivity index (χ0n) is 25.7. The number of hydrogen-bond acceptors (Lipinski definition) is 12. The number of carbonyl (C=O) groups is 3. The highest BCUT2D eigenvalue weighted by Crippen LogP contribution is 2.53. The third-order valence-electron chi connectivity index (χ3n) is 9.29. The number of rotatable bonds is 6. The van der Waals surface area contributed by atoms with E-state index in [2.05, 4.69) is 9.88 Å². The molecule has 3 aliphatic carbocycles. The number of carbonyl (C=O) groups excluding carboxylic acids is 3. The topological polar surface area (TPSA) is 234 Å². The predicted octanol–water partition coefficient (Wildman–Crippen LogP) is 2.04. The molecule has 3 aliphatic rings. The van der Waals surface area contributed by atoms with Crippen LogP contribution in [0.15, 0.2) is 62.7 Å². The van der Waals surface area contributed by atoms with E-state index in [1.54, 1.807) is 30.3 Å². The highest BCUT2D eigenvalue weighted by atomic mass is 32.2. The van der Waals surface area contributed by atoms with E-state index in [0.717, 1.165) is 0 Å². The van der Waals surface area contributed by atoms with Gasteiger partial charge in [0.05, 0.1) is 11.6 Å². The maximum atomic E-state index is 14.0. The van der Waals surface area contributed by atoms with Crippen LogP contribution < -0.4 is 10.5 Å². The molecule has 2 aromatic carbocycles. The SMILES string of the molecule is Cc1noc(C)c1S(=O)(=O)Nc1ccc(-c2ccc(O)c3c2C[C@H]2C[C@@H]4C(N(C)C)C(=O)C(C(N)=O)=C(O)[C@@]4(O)C(=O)C2=C3O)cc1. The minimum atomic E-state index is -4.00. The van der Waals surface area contributed by atoms with Gasteiger partial charge in [-0.25, -0.2) is 8.42 Å². The lowest BCUT2D eigenvalue weighted by Crippen LogP contribution is -2.65. The average Bonchev–Trinajstić information content (AvgIpc) is 3.33. The highest BCUT2D eigenvalue weighted by Gasteiger charge is 2.64. The Morgan fingerprint density at radius 3 is 2.32 bits per heavy atom. The summed E-state index contributed by atoms with van der Waals surface area (Å²) in [7, 11) is -0.942. The monoisotopic (exact) mass is 664 g/mol. The number of nitrogens with one attached hydrogen (secondary N) is 1. The molecule has 47 heavy (non-hydrogen) atoms. The first-order valence-corrected chi connectivity index (χ1v) is 16.0. The van der Waals surface area contributed by atoms with Gasteiger partial charge in [-0.2, -0.15) is 0 Å². The predicted molar refractivity (Wildman–Crippen MR) is 166 cm³/mol. The van der Waals surface area contributed by atoms with Gasteiger partial charge in [0.15, 0.2) is 22.0 Å². The number of amides is 1. The number of hydrogen-bond donors (Lipinski definition) is 6. The summed E-state index contributed by atoms with van der Waals surface area (Å²) in [4.78, 5) is 40.9. The maximum Gasteiger partial charge on any atom is 0.267 e. The number of primary amides is 1. The number of phenolic OH excluding ortho intramolecular Hbond substituents is 1. The number of anilines is 1. The molecule has 15 heteroatoms. The minimum absolute atomic E-state index is 0.0523. The molecule has 246 valence electrons. The summed E-state index contributed by atoms with van der Waals surface area (Å²) < 4.78 is 33.5. The van der Waals surface area contributed by atoms with Gasteiger partial charge < -0.3 is 30.7 Å². The standard InChI is InChI=1S/C32H32N4O10S/c1-13-28(14(2)46-34-13)47(44,45)35-17-7-5-15(6-8-17)18-9-10-21(37)23-19(18)11-16-12-20-25(36(3)4)27(39)24(31(33)42)30(41)32(20,43)29(40)22(16)26(23)38/h5-10,16,20,25,35,37-38,41,43H,11-12H2,1-4H3,(H2,33,42)/t16-,20+,25?,32-/m0/s1. The fourth-order valence-electron chi connectivity index (χ4n) is 7.30. The molecule has 0 bridgehead atoms. The van der Waals surface area contributed by atoms with Gasteiger partial charge in [0.1, 0.15) is 28.5 Å². The number of aryl methyl sites for hydroxylation is 2. The molecule has 0 radical (unpaired) electrons. The lowest BCUT2D eigenvalue weighted by molar-refractivity contribution is -0.153. The molecule has 0 saturated heterocycles. The Labute approximate surface area is 268 Å². The Balaban J connectivity index is 1.42. The first-order chi connectivity index (χ1) is 22.0. The van der Waals surface area contributed by atoms with E-state index in [0.29, 0.717) is 16.7 Å². The van der Waals surface area contributed by atoms with E-state index >= 15 is 0 Å². The van der Waals surface area contributed by atoms with Gasteiger partial charge in [-0.05, 0) is 81.6 Å². The lowest BCUT2D eigenvalue weighted by atomic mass is 9.57. The van der Waals surface area contributed by atoms with Crippen LogP contribution in [0.3, 0.4) is 0 Å². The number of benzene rings is 2. The molecule has 1 aromatic heterocycles. The second kappa shape index (κ2) is 10.8. The van der Waals surface area contributed by atoms with E-state index in [-0.39, 0.29) is 51.8 Å². The number of phenols is 1. The van der Waals surface area contributed by atoms with Crippen LogP contribution in [0.2, 0.25) is 0 Å². The summed E-state index contributed by atoms with van der Waals surface area (Å²) in [6.45, 7) is 3.01. The number of fused-ring (bicyclic) bond motifs is 3. The van der Waals surface area contributed by atoms with Crippen LogP contribution in [0.25, 0.3) is 16.9 Å². The van der Waals surface area contributed by atoms with Crippen molar-refractivity contribution in [2.24, 2.45) is 17.6 Å². The van der Waals surface area contributed by atoms with Crippen LogP contribution in [-0.4, -0.2) is 82.1 Å². The molecule has 0 aliphatic heterocycles. The molecule has 1 amide bonds. The Hall–Kier alpha value is -4.99. The molecule has 0 spiro atoms. The number of likely N-dealkylation sites (N-methyl/N-ethyl adjacent to an activating group) is 1. The van der Waals surface area contributed by atoms with Crippen molar-refractivity contribution in [3.8, 4) is 16.9 Å². The number of aliphatic hydroxyl groups excluding tert-OH is 2. The largest absolute Gasteiger partial charge is 0.508 e. The van der Waals surface area contributed by atoms with E-state index in [4.69, 9.17) is 10.3 Å². The number of sulfonamides is 1. The number of ketones is 2. The van der Waals surface area contributed by atoms with Gasteiger partial charge in [0.25, 0.3) is 15.9 Å². The summed E-state index contributed by atoms with van der Waals surface area (Å²) in [5.41, 5.74) is 3.55. The molecule has 1 heterocycles. The molecule has 1 saturated carbocycles. The van der Waals surface area contributed by atoms with Crippen molar-refractivity contribution in [1.29, 1.82) is 0 Å². The van der Waals surface area contributed by atoms with E-state index in [1.165, 1.54) is 38.9 Å². The zero-order chi connectivity index (χ0) is 34.3. The fourth-order valence-corrected chi connectivity index (χ4v) is 8.69. The van der Waals surface area contributed by atoms with Gasteiger partial charge in [0.2, 0.25) is 5.78 Å². The number of nitrogens with two attached hydrogens (primary N) is 1. The van der Waals surface area contributed by atoms with Crippen molar-refractivity contribution in [3.05, 3.63) is 75.9 Å². The molecular weight excluding hydrogens is 632 g/mol. The third kappa shape index (κ3) is 4.64. The number of nitrogens with zero attached hydrogens (tertiary/aromatic N) is 2. The van der Waals surface area contributed by atoms with Gasteiger partial charge in [-0.15, -0.1) is 0 Å². The molecule has 4 atom stereocenters. The van der Waals surface area contributed by atoms with E-state index in [1.807, 2.05) is 0 Å². The van der Waals surface area contributed by atoms with Gasteiger partial charge in [-0.1, -0.05) is 23.4 Å². The Bertz CT molecular complexity index is 2040.